The van der Waals surface area contributed by atoms with E-state index in [1.807, 2.05) is 20.8 Å². The molecular formula is C18H26N2O4. The molecule has 1 N–H and O–H groups in total. The summed E-state index contributed by atoms with van der Waals surface area (Å²) >= 11 is 0. The van der Waals surface area contributed by atoms with Crippen LogP contribution in [0, 0.1) is 5.41 Å². The molecule has 0 aliphatic heterocycles. The maximum atomic E-state index is 12.2. The van der Waals surface area contributed by atoms with E-state index in [2.05, 4.69) is 10.3 Å². The van der Waals surface area contributed by atoms with Crippen LogP contribution in [0.25, 0.3) is 6.08 Å². The second-order valence-corrected chi connectivity index (χ2v) is 7.11. The molecule has 0 fully saturated rings. The topological polar surface area (TPSA) is 77.5 Å². The molecule has 1 heterocycles. The van der Waals surface area contributed by atoms with E-state index in [-0.39, 0.29) is 5.91 Å². The highest BCUT2D eigenvalue weighted by molar-refractivity contribution is 5.94. The van der Waals surface area contributed by atoms with Crippen molar-refractivity contribution in [1.29, 1.82) is 0 Å². The highest BCUT2D eigenvalue weighted by Crippen LogP contribution is 2.18. The van der Waals surface area contributed by atoms with Gasteiger partial charge < -0.3 is 14.8 Å². The van der Waals surface area contributed by atoms with Gasteiger partial charge in [0.1, 0.15) is 11.4 Å². The number of anilines is 1. The second-order valence-electron chi connectivity index (χ2n) is 7.11. The number of nitrogens with one attached hydrogen (secondary N) is 1. The van der Waals surface area contributed by atoms with Gasteiger partial charge in [-0.2, -0.15) is 0 Å². The van der Waals surface area contributed by atoms with E-state index in [4.69, 9.17) is 9.47 Å². The molecule has 0 aromatic carbocycles. The maximum absolute atomic E-state index is 12.2. The summed E-state index contributed by atoms with van der Waals surface area (Å²) in [4.78, 5) is 27.9. The Hall–Kier alpha value is -2.21. The minimum Gasteiger partial charge on any atom is -0.457 e. The highest BCUT2D eigenvalue weighted by Gasteiger charge is 2.27. The van der Waals surface area contributed by atoms with Gasteiger partial charge in [-0.05, 0) is 58.4 Å². The molecule has 0 atom stereocenters. The first kappa shape index (κ1) is 19.8. The van der Waals surface area contributed by atoms with Crippen molar-refractivity contribution in [3.05, 3.63) is 30.0 Å². The van der Waals surface area contributed by atoms with Gasteiger partial charge in [0.15, 0.2) is 0 Å². The fourth-order valence-electron chi connectivity index (χ4n) is 1.79. The van der Waals surface area contributed by atoms with E-state index < -0.39 is 17.0 Å². The summed E-state index contributed by atoms with van der Waals surface area (Å²) in [7, 11) is 1.55. The Morgan fingerprint density at radius 1 is 1.21 bits per heavy atom. The van der Waals surface area contributed by atoms with Crippen LogP contribution in [0.15, 0.2) is 24.4 Å². The van der Waals surface area contributed by atoms with E-state index in [1.54, 1.807) is 45.4 Å². The number of amides is 1. The number of hydrogen-bond donors (Lipinski definition) is 1. The summed E-state index contributed by atoms with van der Waals surface area (Å²) in [5, 5.41) is 2.74. The smallest absolute Gasteiger partial charge is 0.331 e. The Morgan fingerprint density at radius 2 is 1.88 bits per heavy atom. The fourth-order valence-corrected chi connectivity index (χ4v) is 1.79. The summed E-state index contributed by atoms with van der Waals surface area (Å²) in [6, 6.07) is 3.43. The van der Waals surface area contributed by atoms with Crippen LogP contribution in [-0.4, -0.2) is 36.2 Å². The molecule has 6 nitrogen and oxygen atoms in total. The molecule has 1 aromatic rings. The predicted octanol–water partition coefficient (Wildman–Crippen LogP) is 3.05. The quantitative estimate of drug-likeness (QED) is 0.639. The molecule has 132 valence electrons. The molecular weight excluding hydrogens is 308 g/mol. The number of carbonyl (C=O) groups excluding carboxylic acids is 2. The number of hydrogen-bond acceptors (Lipinski definition) is 5. The lowest BCUT2D eigenvalue weighted by atomic mass is 9.93. The van der Waals surface area contributed by atoms with Crippen LogP contribution < -0.4 is 5.32 Å². The van der Waals surface area contributed by atoms with Gasteiger partial charge in [0.2, 0.25) is 5.91 Å². The zero-order valence-electron chi connectivity index (χ0n) is 15.2. The largest absolute Gasteiger partial charge is 0.457 e. The number of ether oxygens (including phenoxy) is 2. The molecule has 6 heteroatoms. The summed E-state index contributed by atoms with van der Waals surface area (Å²) in [6.07, 6.45) is 4.53. The number of methoxy groups -OCH3 is 1. The zero-order chi connectivity index (χ0) is 18.4. The lowest BCUT2D eigenvalue weighted by Crippen LogP contribution is -2.34. The van der Waals surface area contributed by atoms with E-state index >= 15 is 0 Å². The molecule has 0 aliphatic carbocycles. The molecule has 0 bridgehead atoms. The van der Waals surface area contributed by atoms with Gasteiger partial charge in [0, 0.05) is 19.4 Å². The number of esters is 1. The van der Waals surface area contributed by atoms with Gasteiger partial charge in [-0.15, -0.1) is 0 Å². The van der Waals surface area contributed by atoms with Crippen LogP contribution in [0.1, 0.15) is 40.2 Å². The van der Waals surface area contributed by atoms with Crippen molar-refractivity contribution >= 4 is 23.8 Å². The van der Waals surface area contributed by atoms with Crippen LogP contribution in [0.2, 0.25) is 0 Å². The predicted molar refractivity (Wildman–Crippen MR) is 93.4 cm³/mol. The third-order valence-corrected chi connectivity index (χ3v) is 2.97. The lowest BCUT2D eigenvalue weighted by molar-refractivity contribution is -0.148. The zero-order valence-corrected chi connectivity index (χ0v) is 15.2. The van der Waals surface area contributed by atoms with Crippen LogP contribution in [0.5, 0.6) is 0 Å². The minimum atomic E-state index is -0.647. The third kappa shape index (κ3) is 6.91. The molecule has 0 unspecified atom stereocenters. The number of aromatic nitrogens is 1. The van der Waals surface area contributed by atoms with Crippen LogP contribution in [-0.2, 0) is 19.1 Å². The molecule has 1 aromatic heterocycles. The molecule has 1 amide bonds. The molecule has 0 aliphatic rings. The second kappa shape index (κ2) is 8.06. The molecule has 0 spiro atoms. The van der Waals surface area contributed by atoms with Crippen LogP contribution in [0.4, 0.5) is 5.82 Å². The Labute approximate surface area is 143 Å². The van der Waals surface area contributed by atoms with Crippen molar-refractivity contribution in [2.24, 2.45) is 5.41 Å². The molecule has 0 saturated heterocycles. The SMILES string of the molecule is COCC(C)(C)C(=O)Nc1ccc(/C=C/C(=O)OC(C)(C)C)cn1. The monoisotopic (exact) mass is 334 g/mol. The summed E-state index contributed by atoms with van der Waals surface area (Å²) in [5.74, 6) is -0.145. The first-order chi connectivity index (χ1) is 11.0. The number of pyridine rings is 1. The number of carbonyl (C=O) groups is 2. The average Bonchev–Trinajstić information content (AvgIpc) is 2.44. The summed E-state index contributed by atoms with van der Waals surface area (Å²) < 4.78 is 10.2. The van der Waals surface area contributed by atoms with Crippen molar-refractivity contribution in [3.8, 4) is 0 Å². The molecule has 24 heavy (non-hydrogen) atoms. The highest BCUT2D eigenvalue weighted by atomic mass is 16.6. The van der Waals surface area contributed by atoms with Gasteiger partial charge in [0.25, 0.3) is 0 Å². The van der Waals surface area contributed by atoms with Gasteiger partial charge in [-0.3, -0.25) is 4.79 Å². The van der Waals surface area contributed by atoms with Gasteiger partial charge >= 0.3 is 5.97 Å². The fraction of sp³-hybridized carbons (Fsp3) is 0.500. The summed E-state index contributed by atoms with van der Waals surface area (Å²) in [6.45, 7) is 9.33. The Balaban J connectivity index is 2.66. The lowest BCUT2D eigenvalue weighted by Gasteiger charge is -2.22. The third-order valence-electron chi connectivity index (χ3n) is 2.97. The first-order valence-corrected chi connectivity index (χ1v) is 7.71. The van der Waals surface area contributed by atoms with E-state index in [9.17, 15) is 9.59 Å². The normalized spacial score (nSPS) is 12.2. The minimum absolute atomic E-state index is 0.172. The maximum Gasteiger partial charge on any atom is 0.331 e. The average molecular weight is 334 g/mol. The van der Waals surface area contributed by atoms with E-state index in [0.717, 1.165) is 5.56 Å². The molecule has 0 radical (unpaired) electrons. The van der Waals surface area contributed by atoms with E-state index in [0.29, 0.717) is 12.4 Å². The standard InChI is InChI=1S/C18H26N2O4/c1-17(2,3)24-15(21)10-8-13-7-9-14(19-11-13)20-16(22)18(4,5)12-23-6/h7-11H,12H2,1-6H3,(H,19,20,22)/b10-8+. The van der Waals surface area contributed by atoms with Crippen LogP contribution >= 0.6 is 0 Å². The van der Waals surface area contributed by atoms with Crippen molar-refractivity contribution in [1.82, 2.24) is 4.98 Å². The van der Waals surface area contributed by atoms with Gasteiger partial charge in [-0.1, -0.05) is 0 Å². The number of nitrogens with zero attached hydrogens (tertiary/aromatic N) is 1. The number of rotatable bonds is 6. The van der Waals surface area contributed by atoms with Crippen molar-refractivity contribution in [3.63, 3.8) is 0 Å². The van der Waals surface area contributed by atoms with Crippen molar-refractivity contribution in [2.75, 3.05) is 19.0 Å². The van der Waals surface area contributed by atoms with Gasteiger partial charge in [-0.25, -0.2) is 9.78 Å². The molecule has 1 rings (SSSR count). The molecule has 0 saturated carbocycles. The Kier molecular flexibility index (Phi) is 6.66. The van der Waals surface area contributed by atoms with E-state index in [1.165, 1.54) is 6.08 Å². The first-order valence-electron chi connectivity index (χ1n) is 7.71. The Bertz CT molecular complexity index is 598. The van der Waals surface area contributed by atoms with Gasteiger partial charge in [0.05, 0.1) is 12.0 Å². The Morgan fingerprint density at radius 3 is 2.38 bits per heavy atom. The summed E-state index contributed by atoms with van der Waals surface area (Å²) in [5.41, 5.74) is -0.441. The van der Waals surface area contributed by atoms with Crippen molar-refractivity contribution in [2.45, 2.75) is 40.2 Å². The van der Waals surface area contributed by atoms with Crippen molar-refractivity contribution < 1.29 is 19.1 Å². The van der Waals surface area contributed by atoms with Crippen LogP contribution in [0.3, 0.4) is 0 Å².